The van der Waals surface area contributed by atoms with Crippen LogP contribution in [0, 0.1) is 0 Å². The summed E-state index contributed by atoms with van der Waals surface area (Å²) in [5, 5.41) is 5.96. The van der Waals surface area contributed by atoms with Crippen molar-refractivity contribution in [3.8, 4) is 11.4 Å². The number of hydrogen-bond donors (Lipinski definition) is 2. The van der Waals surface area contributed by atoms with E-state index in [2.05, 4.69) is 49.5 Å². The second-order valence-corrected chi connectivity index (χ2v) is 12.2. The predicted molar refractivity (Wildman–Crippen MR) is 151 cm³/mol. The van der Waals surface area contributed by atoms with Gasteiger partial charge in [-0.15, -0.1) is 23.1 Å². The Labute approximate surface area is 227 Å². The number of amides is 2. The van der Waals surface area contributed by atoms with Crippen molar-refractivity contribution in [2.45, 2.75) is 42.7 Å². The predicted octanol–water partition coefficient (Wildman–Crippen LogP) is 6.52. The van der Waals surface area contributed by atoms with Crippen molar-refractivity contribution < 1.29 is 9.59 Å². The van der Waals surface area contributed by atoms with Gasteiger partial charge >= 0.3 is 0 Å². The summed E-state index contributed by atoms with van der Waals surface area (Å²) >= 11 is 6.59. The Bertz CT molecular complexity index is 1430. The lowest BCUT2D eigenvalue weighted by molar-refractivity contribution is 0.0923. The number of hydrogen-bond acceptors (Lipinski definition) is 5. The number of thiophene rings is 1. The summed E-state index contributed by atoms with van der Waals surface area (Å²) in [5.41, 5.74) is 3.48. The standard InChI is InChI=1S/C27H27BrN4O2S2/c1-29-26(33)16-10-11-21-20(14-16)31-25(19-8-3-4-9-22(19)35-2)32(21)18-7-5-6-17(15-18)30-27(34)23-12-13-24(28)36-23/h3-4,8-14,17-18H,5-7,15H2,1-2H3,(H,29,33)(H,30,34)/t17-,18+/m1/s1. The van der Waals surface area contributed by atoms with Gasteiger partial charge < -0.3 is 15.2 Å². The number of fused-ring (bicyclic) bond motifs is 1. The second kappa shape index (κ2) is 10.8. The van der Waals surface area contributed by atoms with Crippen molar-refractivity contribution in [1.29, 1.82) is 0 Å². The van der Waals surface area contributed by atoms with Crippen LogP contribution in [0.1, 0.15) is 51.8 Å². The van der Waals surface area contributed by atoms with Crippen LogP contribution in [-0.2, 0) is 0 Å². The maximum Gasteiger partial charge on any atom is 0.261 e. The first-order valence-electron chi connectivity index (χ1n) is 11.9. The lowest BCUT2D eigenvalue weighted by Gasteiger charge is -2.32. The SMILES string of the molecule is CNC(=O)c1ccc2c(c1)nc(-c1ccccc1SC)n2[C@H]1CCC[C@@H](NC(=O)c2ccc(Br)s2)C1. The van der Waals surface area contributed by atoms with Gasteiger partial charge in [-0.2, -0.15) is 0 Å². The van der Waals surface area contributed by atoms with Crippen LogP contribution in [0.3, 0.4) is 0 Å². The highest BCUT2D eigenvalue weighted by Gasteiger charge is 2.29. The van der Waals surface area contributed by atoms with Crippen LogP contribution in [0.4, 0.5) is 0 Å². The molecule has 1 fully saturated rings. The molecule has 2 aromatic heterocycles. The molecular weight excluding hydrogens is 556 g/mol. The summed E-state index contributed by atoms with van der Waals surface area (Å²) in [6.07, 6.45) is 5.89. The first-order valence-corrected chi connectivity index (χ1v) is 14.8. The Hall–Kier alpha value is -2.62. The molecule has 1 saturated carbocycles. The van der Waals surface area contributed by atoms with Crippen LogP contribution >= 0.6 is 39.0 Å². The number of aromatic nitrogens is 2. The number of halogens is 1. The fourth-order valence-corrected chi connectivity index (χ4v) is 6.88. The van der Waals surface area contributed by atoms with E-state index in [4.69, 9.17) is 4.98 Å². The summed E-state index contributed by atoms with van der Waals surface area (Å²) in [6, 6.07) is 18.1. The molecule has 2 aromatic carbocycles. The minimum atomic E-state index is -0.127. The van der Waals surface area contributed by atoms with Gasteiger partial charge in [-0.05, 0) is 84.3 Å². The number of thioether (sulfide) groups is 1. The summed E-state index contributed by atoms with van der Waals surface area (Å²) < 4.78 is 3.28. The van der Waals surface area contributed by atoms with E-state index in [1.165, 1.54) is 11.3 Å². The molecule has 2 amide bonds. The average molecular weight is 584 g/mol. The number of nitrogens with zero attached hydrogens (tertiary/aromatic N) is 2. The van der Waals surface area contributed by atoms with E-state index < -0.39 is 0 Å². The summed E-state index contributed by atoms with van der Waals surface area (Å²) in [7, 11) is 1.64. The topological polar surface area (TPSA) is 76.0 Å². The molecule has 4 aromatic rings. The van der Waals surface area contributed by atoms with Crippen LogP contribution in [0.2, 0.25) is 0 Å². The zero-order chi connectivity index (χ0) is 25.2. The summed E-state index contributed by atoms with van der Waals surface area (Å²) in [5.74, 6) is 0.761. The number of carbonyl (C=O) groups excluding carboxylic acids is 2. The fourth-order valence-electron chi connectivity index (χ4n) is 5.00. The van der Waals surface area contributed by atoms with Gasteiger partial charge in [-0.3, -0.25) is 9.59 Å². The van der Waals surface area contributed by atoms with E-state index in [9.17, 15) is 9.59 Å². The van der Waals surface area contributed by atoms with Gasteiger partial charge in [-0.25, -0.2) is 4.98 Å². The molecule has 9 heteroatoms. The van der Waals surface area contributed by atoms with Gasteiger partial charge in [-0.1, -0.05) is 18.2 Å². The van der Waals surface area contributed by atoms with Gasteiger partial charge in [0, 0.05) is 35.2 Å². The van der Waals surface area contributed by atoms with Crippen molar-refractivity contribution in [3.63, 3.8) is 0 Å². The minimum Gasteiger partial charge on any atom is -0.355 e. The normalized spacial score (nSPS) is 17.8. The molecule has 0 spiro atoms. The molecule has 1 aliphatic carbocycles. The lowest BCUT2D eigenvalue weighted by Crippen LogP contribution is -2.38. The van der Waals surface area contributed by atoms with E-state index in [-0.39, 0.29) is 23.9 Å². The maximum atomic E-state index is 12.9. The third-order valence-corrected chi connectivity index (χ3v) is 9.09. The van der Waals surface area contributed by atoms with Crippen LogP contribution < -0.4 is 10.6 Å². The number of nitrogens with one attached hydrogen (secondary N) is 2. The molecule has 0 unspecified atom stereocenters. The smallest absolute Gasteiger partial charge is 0.261 e. The molecule has 186 valence electrons. The second-order valence-electron chi connectivity index (χ2n) is 8.88. The molecule has 2 N–H and O–H groups in total. The summed E-state index contributed by atoms with van der Waals surface area (Å²) in [4.78, 5) is 32.1. The molecule has 0 saturated heterocycles. The van der Waals surface area contributed by atoms with Crippen molar-refractivity contribution in [2.24, 2.45) is 0 Å². The third-order valence-electron chi connectivity index (χ3n) is 6.67. The largest absolute Gasteiger partial charge is 0.355 e. The Morgan fingerprint density at radius 3 is 2.69 bits per heavy atom. The van der Waals surface area contributed by atoms with Gasteiger partial charge in [0.1, 0.15) is 5.82 Å². The van der Waals surface area contributed by atoms with Crippen LogP contribution in [0.15, 0.2) is 63.3 Å². The van der Waals surface area contributed by atoms with E-state index >= 15 is 0 Å². The van der Waals surface area contributed by atoms with Gasteiger partial charge in [0.25, 0.3) is 11.8 Å². The molecule has 2 heterocycles. The first kappa shape index (κ1) is 25.0. The van der Waals surface area contributed by atoms with Crippen LogP contribution in [-0.4, -0.2) is 40.7 Å². The van der Waals surface area contributed by atoms with Crippen molar-refractivity contribution in [3.05, 3.63) is 68.8 Å². The molecule has 5 rings (SSSR count). The highest BCUT2D eigenvalue weighted by atomic mass is 79.9. The molecule has 6 nitrogen and oxygen atoms in total. The summed E-state index contributed by atoms with van der Waals surface area (Å²) in [6.45, 7) is 0. The monoisotopic (exact) mass is 582 g/mol. The quantitative estimate of drug-likeness (QED) is 0.254. The Morgan fingerprint density at radius 1 is 1.11 bits per heavy atom. The zero-order valence-electron chi connectivity index (χ0n) is 20.1. The van der Waals surface area contributed by atoms with Crippen molar-refractivity contribution in [2.75, 3.05) is 13.3 Å². The average Bonchev–Trinajstić information content (AvgIpc) is 3.51. The Morgan fingerprint density at radius 2 is 1.94 bits per heavy atom. The van der Waals surface area contributed by atoms with E-state index in [1.54, 1.807) is 18.8 Å². The first-order chi connectivity index (χ1) is 17.5. The highest BCUT2D eigenvalue weighted by molar-refractivity contribution is 9.11. The Balaban J connectivity index is 1.53. The maximum absolute atomic E-state index is 12.9. The van der Waals surface area contributed by atoms with Crippen LogP contribution in [0.5, 0.6) is 0 Å². The van der Waals surface area contributed by atoms with E-state index in [0.29, 0.717) is 10.4 Å². The molecule has 0 radical (unpaired) electrons. The van der Waals surface area contributed by atoms with Crippen LogP contribution in [0.25, 0.3) is 22.4 Å². The van der Waals surface area contributed by atoms with Gasteiger partial charge in [0.15, 0.2) is 0 Å². The lowest BCUT2D eigenvalue weighted by atomic mass is 9.90. The number of benzene rings is 2. The fraction of sp³-hybridized carbons (Fsp3) is 0.296. The highest BCUT2D eigenvalue weighted by Crippen LogP contribution is 2.39. The third kappa shape index (κ3) is 4.96. The van der Waals surface area contributed by atoms with Crippen molar-refractivity contribution >= 4 is 61.9 Å². The number of rotatable bonds is 6. The Kier molecular flexibility index (Phi) is 7.50. The molecule has 2 atom stereocenters. The molecule has 36 heavy (non-hydrogen) atoms. The zero-order valence-corrected chi connectivity index (χ0v) is 23.3. The molecule has 0 bridgehead atoms. The number of carbonyl (C=O) groups is 2. The molecule has 0 aliphatic heterocycles. The van der Waals surface area contributed by atoms with Crippen molar-refractivity contribution in [1.82, 2.24) is 20.2 Å². The number of imidazole rings is 1. The van der Waals surface area contributed by atoms with Gasteiger partial charge in [0.05, 0.1) is 19.7 Å². The van der Waals surface area contributed by atoms with Gasteiger partial charge in [0.2, 0.25) is 0 Å². The van der Waals surface area contributed by atoms with E-state index in [1.807, 2.05) is 42.5 Å². The molecule has 1 aliphatic rings. The minimum absolute atomic E-state index is 0.0185. The van der Waals surface area contributed by atoms with E-state index in [0.717, 1.165) is 56.8 Å². The molecular formula is C27H27BrN4O2S2.